The predicted molar refractivity (Wildman–Crippen MR) is 58.5 cm³/mol. The van der Waals surface area contributed by atoms with Gasteiger partial charge in [-0.15, -0.1) is 0 Å². The molecule has 0 atom stereocenters. The summed E-state index contributed by atoms with van der Waals surface area (Å²) in [6, 6.07) is 3.95. The molecule has 0 fully saturated rings. The van der Waals surface area contributed by atoms with E-state index in [1.807, 2.05) is 5.32 Å². The Balaban J connectivity index is 2.25. The largest absolute Gasteiger partial charge is 0.318 e. The van der Waals surface area contributed by atoms with Gasteiger partial charge in [0.15, 0.2) is 0 Å². The number of hydrogen-bond acceptors (Lipinski definition) is 2. The lowest BCUT2D eigenvalue weighted by molar-refractivity contribution is 0.102. The van der Waals surface area contributed by atoms with E-state index in [0.29, 0.717) is 6.07 Å². The molecular weight excluding hydrogens is 264 g/mol. The number of benzene rings is 1. The van der Waals surface area contributed by atoms with Gasteiger partial charge < -0.3 is 5.32 Å². The fraction of sp³-hybridized carbons (Fsp3) is 0. The van der Waals surface area contributed by atoms with E-state index < -0.39 is 35.1 Å². The molecule has 0 spiro atoms. The number of hydrogen-bond donors (Lipinski definition) is 1. The van der Waals surface area contributed by atoms with Gasteiger partial charge in [0, 0.05) is 11.6 Å². The van der Waals surface area contributed by atoms with E-state index in [2.05, 4.69) is 4.98 Å². The van der Waals surface area contributed by atoms with Crippen molar-refractivity contribution < 1.29 is 22.4 Å². The van der Waals surface area contributed by atoms with Crippen LogP contribution in [0.1, 0.15) is 10.4 Å². The molecule has 1 heterocycles. The van der Waals surface area contributed by atoms with Gasteiger partial charge in [0.2, 0.25) is 11.9 Å². The Bertz CT molecular complexity index is 625. The molecule has 19 heavy (non-hydrogen) atoms. The molecule has 0 bridgehead atoms. The van der Waals surface area contributed by atoms with Crippen LogP contribution in [0.5, 0.6) is 0 Å². The standard InChI is InChI=1S/C12H6F4N2O/c13-7-3-6(4-8(14)5-7)12(19)17-9-1-2-10(15)18-11(9)16/h1-5H,(H,17,19). The molecule has 98 valence electrons. The molecule has 0 unspecified atom stereocenters. The maximum atomic E-state index is 13.2. The van der Waals surface area contributed by atoms with Crippen molar-refractivity contribution in [1.82, 2.24) is 4.98 Å². The SMILES string of the molecule is O=C(Nc1ccc(F)nc1F)c1cc(F)cc(F)c1. The van der Waals surface area contributed by atoms with Crippen LogP contribution < -0.4 is 5.32 Å². The van der Waals surface area contributed by atoms with Crippen molar-refractivity contribution >= 4 is 11.6 Å². The van der Waals surface area contributed by atoms with Gasteiger partial charge in [0.05, 0.1) is 5.69 Å². The van der Waals surface area contributed by atoms with Crippen molar-refractivity contribution in [2.75, 3.05) is 5.32 Å². The summed E-state index contributed by atoms with van der Waals surface area (Å²) in [5, 5.41) is 2.03. The molecule has 0 aliphatic rings. The summed E-state index contributed by atoms with van der Waals surface area (Å²) in [4.78, 5) is 14.5. The molecular formula is C12H6F4N2O. The van der Waals surface area contributed by atoms with Gasteiger partial charge in [-0.3, -0.25) is 4.79 Å². The zero-order valence-electron chi connectivity index (χ0n) is 9.25. The van der Waals surface area contributed by atoms with Crippen LogP contribution in [0.15, 0.2) is 30.3 Å². The molecule has 1 aromatic carbocycles. The molecule has 0 radical (unpaired) electrons. The molecule has 0 aliphatic heterocycles. The van der Waals surface area contributed by atoms with Crippen LogP contribution in [0.3, 0.4) is 0 Å². The Morgan fingerprint density at radius 1 is 1.00 bits per heavy atom. The first-order chi connectivity index (χ1) is 8.95. The number of nitrogens with one attached hydrogen (secondary N) is 1. The lowest BCUT2D eigenvalue weighted by Crippen LogP contribution is -2.14. The zero-order valence-corrected chi connectivity index (χ0v) is 9.25. The number of nitrogens with zero attached hydrogens (tertiary/aromatic N) is 1. The number of amides is 1. The van der Waals surface area contributed by atoms with E-state index in [1.165, 1.54) is 0 Å². The van der Waals surface area contributed by atoms with Crippen molar-refractivity contribution in [3.63, 3.8) is 0 Å². The van der Waals surface area contributed by atoms with Gasteiger partial charge in [-0.05, 0) is 24.3 Å². The van der Waals surface area contributed by atoms with E-state index in [1.54, 1.807) is 0 Å². The second-order valence-electron chi connectivity index (χ2n) is 3.58. The Kier molecular flexibility index (Phi) is 3.46. The first kappa shape index (κ1) is 13.0. The quantitative estimate of drug-likeness (QED) is 0.673. The highest BCUT2D eigenvalue weighted by Gasteiger charge is 2.13. The van der Waals surface area contributed by atoms with Crippen molar-refractivity contribution in [1.29, 1.82) is 0 Å². The molecule has 0 aliphatic carbocycles. The summed E-state index contributed by atoms with van der Waals surface area (Å²) in [6.07, 6.45) is 0. The lowest BCUT2D eigenvalue weighted by Gasteiger charge is -2.06. The van der Waals surface area contributed by atoms with Crippen LogP contribution in [-0.2, 0) is 0 Å². The molecule has 2 aromatic rings. The van der Waals surface area contributed by atoms with Gasteiger partial charge in [0.25, 0.3) is 5.91 Å². The highest BCUT2D eigenvalue weighted by molar-refractivity contribution is 6.04. The van der Waals surface area contributed by atoms with E-state index in [4.69, 9.17) is 0 Å². The average molecular weight is 270 g/mol. The third-order valence-corrected chi connectivity index (χ3v) is 2.19. The summed E-state index contributed by atoms with van der Waals surface area (Å²) in [5.74, 6) is -5.10. The minimum absolute atomic E-state index is 0.332. The first-order valence-electron chi connectivity index (χ1n) is 5.05. The number of aromatic nitrogens is 1. The number of carbonyl (C=O) groups excluding carboxylic acids is 1. The van der Waals surface area contributed by atoms with E-state index in [-0.39, 0.29) is 5.56 Å². The number of rotatable bonds is 2. The van der Waals surface area contributed by atoms with E-state index in [0.717, 1.165) is 24.3 Å². The van der Waals surface area contributed by atoms with Crippen LogP contribution >= 0.6 is 0 Å². The third-order valence-electron chi connectivity index (χ3n) is 2.19. The molecule has 1 N–H and O–H groups in total. The third kappa shape index (κ3) is 3.06. The molecule has 7 heteroatoms. The smallest absolute Gasteiger partial charge is 0.255 e. The first-order valence-corrected chi connectivity index (χ1v) is 5.05. The van der Waals surface area contributed by atoms with E-state index in [9.17, 15) is 22.4 Å². The number of halogens is 4. The zero-order chi connectivity index (χ0) is 14.0. The van der Waals surface area contributed by atoms with Crippen molar-refractivity contribution in [2.45, 2.75) is 0 Å². The van der Waals surface area contributed by atoms with Crippen LogP contribution in [0, 0.1) is 23.5 Å². The highest BCUT2D eigenvalue weighted by atomic mass is 19.1. The van der Waals surface area contributed by atoms with Crippen LogP contribution in [-0.4, -0.2) is 10.9 Å². The monoisotopic (exact) mass is 270 g/mol. The fourth-order valence-electron chi connectivity index (χ4n) is 1.38. The highest BCUT2D eigenvalue weighted by Crippen LogP contribution is 2.14. The molecule has 1 aromatic heterocycles. The van der Waals surface area contributed by atoms with Gasteiger partial charge in [-0.25, -0.2) is 8.78 Å². The predicted octanol–water partition coefficient (Wildman–Crippen LogP) is 2.89. The van der Waals surface area contributed by atoms with Crippen molar-refractivity contribution in [3.05, 3.63) is 59.4 Å². The minimum atomic E-state index is -1.23. The Labute approximate surface area is 104 Å². The van der Waals surface area contributed by atoms with Crippen LogP contribution in [0.25, 0.3) is 0 Å². The maximum absolute atomic E-state index is 13.2. The van der Waals surface area contributed by atoms with Crippen LogP contribution in [0.2, 0.25) is 0 Å². The lowest BCUT2D eigenvalue weighted by atomic mass is 10.2. The van der Waals surface area contributed by atoms with Crippen LogP contribution in [0.4, 0.5) is 23.2 Å². The molecule has 1 amide bonds. The summed E-state index contributed by atoms with van der Waals surface area (Å²) in [5.41, 5.74) is -0.725. The van der Waals surface area contributed by atoms with Crippen molar-refractivity contribution in [3.8, 4) is 0 Å². The maximum Gasteiger partial charge on any atom is 0.255 e. The summed E-state index contributed by atoms with van der Waals surface area (Å²) >= 11 is 0. The second kappa shape index (κ2) is 5.05. The topological polar surface area (TPSA) is 42.0 Å². The average Bonchev–Trinajstić information content (AvgIpc) is 2.31. The van der Waals surface area contributed by atoms with Gasteiger partial charge >= 0.3 is 0 Å². The molecule has 2 rings (SSSR count). The normalized spacial score (nSPS) is 10.3. The van der Waals surface area contributed by atoms with Gasteiger partial charge in [0.1, 0.15) is 11.6 Å². The number of anilines is 1. The molecule has 3 nitrogen and oxygen atoms in total. The molecule has 0 saturated heterocycles. The Hall–Kier alpha value is -2.44. The van der Waals surface area contributed by atoms with Gasteiger partial charge in [-0.1, -0.05) is 0 Å². The summed E-state index contributed by atoms with van der Waals surface area (Å²) < 4.78 is 51.5. The van der Waals surface area contributed by atoms with Gasteiger partial charge in [-0.2, -0.15) is 13.8 Å². The Morgan fingerprint density at radius 3 is 2.21 bits per heavy atom. The van der Waals surface area contributed by atoms with E-state index >= 15 is 0 Å². The number of pyridine rings is 1. The number of carbonyl (C=O) groups is 1. The molecule has 0 saturated carbocycles. The second-order valence-corrected chi connectivity index (χ2v) is 3.58. The fourth-order valence-corrected chi connectivity index (χ4v) is 1.38. The minimum Gasteiger partial charge on any atom is -0.318 e. The van der Waals surface area contributed by atoms with Crippen molar-refractivity contribution in [2.24, 2.45) is 0 Å². The summed E-state index contributed by atoms with van der Waals surface area (Å²) in [7, 11) is 0. The summed E-state index contributed by atoms with van der Waals surface area (Å²) in [6.45, 7) is 0. The Morgan fingerprint density at radius 2 is 1.63 bits per heavy atom.